The summed E-state index contributed by atoms with van der Waals surface area (Å²) in [6.07, 6.45) is 0. The molecule has 0 bridgehead atoms. The maximum atomic E-state index is 9.65. The predicted octanol–water partition coefficient (Wildman–Crippen LogP) is 1.12. The van der Waals surface area contributed by atoms with E-state index in [9.17, 15) is 5.26 Å². The van der Waals surface area contributed by atoms with Gasteiger partial charge in [-0.1, -0.05) is 17.7 Å². The first-order chi connectivity index (χ1) is 10.8. The Bertz CT molecular complexity index is 634. The third-order valence-electron chi connectivity index (χ3n) is 3.13. The molecule has 0 fully saturated rings. The largest absolute Gasteiger partial charge is 0.691 e. The average Bonchev–Trinajstić information content (AvgIpc) is 2.44. The van der Waals surface area contributed by atoms with Crippen LogP contribution in [-0.4, -0.2) is 4.98 Å². The second kappa shape index (κ2) is 8.68. The van der Waals surface area contributed by atoms with Gasteiger partial charge in [-0.15, -0.1) is 4.68 Å². The Labute approximate surface area is 140 Å². The van der Waals surface area contributed by atoms with E-state index >= 15 is 0 Å². The van der Waals surface area contributed by atoms with Crippen LogP contribution in [0, 0.1) is 34.6 Å². The van der Waals surface area contributed by atoms with E-state index in [-0.39, 0.29) is 0 Å². The van der Waals surface area contributed by atoms with Gasteiger partial charge in [-0.3, -0.25) is 10.9 Å². The molecule has 126 valence electrons. The number of nitrogens with two attached hydrogens (primary N) is 2. The van der Waals surface area contributed by atoms with Gasteiger partial charge in [-0.25, -0.2) is 0 Å². The van der Waals surface area contributed by atoms with Gasteiger partial charge in [0.15, 0.2) is 0 Å². The van der Waals surface area contributed by atoms with E-state index in [2.05, 4.69) is 14.4 Å². The molecule has 1 aromatic heterocycles. The molecule has 2 rings (SSSR count). The summed E-state index contributed by atoms with van der Waals surface area (Å²) < 4.78 is 5.78. The highest BCUT2D eigenvalue weighted by Crippen LogP contribution is 2.27. The van der Waals surface area contributed by atoms with Crippen LogP contribution in [0.4, 0.5) is 5.82 Å². The van der Waals surface area contributed by atoms with Crippen LogP contribution < -0.4 is 21.5 Å². The standard InChI is InChI=1S/C9H12O3S.C6H10N4/c1-6-4-7(2)9(8(3)5-6)13-12-11-10;1-4-3-6(7)9-5(2)10(4)8/h4-5,10H,1-3H3;3,7H,8H2,1-2H3. The minimum Gasteiger partial charge on any atom is -0.691 e. The average molecular weight is 338 g/mol. The highest BCUT2D eigenvalue weighted by atomic mass is 32.2. The summed E-state index contributed by atoms with van der Waals surface area (Å²) in [6, 6.07) is 5.79. The zero-order valence-corrected chi connectivity index (χ0v) is 14.7. The van der Waals surface area contributed by atoms with Crippen molar-refractivity contribution in [2.45, 2.75) is 39.5 Å². The molecule has 0 aliphatic carbocycles. The summed E-state index contributed by atoms with van der Waals surface area (Å²) in [5.74, 6) is 6.78. The van der Waals surface area contributed by atoms with Crippen LogP contribution in [-0.2, 0) is 9.37 Å². The molecule has 0 radical (unpaired) electrons. The van der Waals surface area contributed by atoms with E-state index < -0.39 is 0 Å². The van der Waals surface area contributed by atoms with E-state index in [0.717, 1.165) is 39.6 Å². The van der Waals surface area contributed by atoms with Crippen molar-refractivity contribution >= 4 is 17.9 Å². The molecule has 1 heterocycles. The van der Waals surface area contributed by atoms with Crippen molar-refractivity contribution in [3.8, 4) is 0 Å². The quantitative estimate of drug-likeness (QED) is 0.284. The first-order valence-electron chi connectivity index (χ1n) is 6.88. The van der Waals surface area contributed by atoms with Crippen molar-refractivity contribution in [3.05, 3.63) is 46.4 Å². The van der Waals surface area contributed by atoms with Gasteiger partial charge in [-0.05, 0) is 36.9 Å². The fraction of sp³-hybridized carbons (Fsp3) is 0.333. The number of nitrogen functional groups attached to an aromatic ring is 2. The first kappa shape index (κ1) is 19.2. The fourth-order valence-electron chi connectivity index (χ4n) is 2.16. The molecule has 1 aromatic carbocycles. The third kappa shape index (κ3) is 5.68. The minimum absolute atomic E-state index is 0.511. The number of anilines is 1. The molecule has 23 heavy (non-hydrogen) atoms. The monoisotopic (exact) mass is 338 g/mol. The van der Waals surface area contributed by atoms with Crippen molar-refractivity contribution in [1.82, 2.24) is 4.98 Å². The van der Waals surface area contributed by atoms with Crippen LogP contribution >= 0.6 is 12.0 Å². The zero-order chi connectivity index (χ0) is 17.6. The lowest BCUT2D eigenvalue weighted by molar-refractivity contribution is -0.777. The Morgan fingerprint density at radius 2 is 1.65 bits per heavy atom. The van der Waals surface area contributed by atoms with E-state index in [4.69, 9.17) is 11.6 Å². The first-order valence-corrected chi connectivity index (χ1v) is 7.62. The van der Waals surface area contributed by atoms with Gasteiger partial charge >= 0.3 is 5.82 Å². The van der Waals surface area contributed by atoms with Crippen molar-refractivity contribution in [3.63, 3.8) is 0 Å². The van der Waals surface area contributed by atoms with Gasteiger partial charge in [0.05, 0.1) is 18.1 Å². The number of nitrogens with zero attached hydrogens (tertiary/aromatic N) is 2. The van der Waals surface area contributed by atoms with Gasteiger partial charge in [0.1, 0.15) is 5.69 Å². The molecule has 0 aliphatic heterocycles. The highest BCUT2D eigenvalue weighted by Gasteiger charge is 2.08. The Morgan fingerprint density at radius 1 is 1.09 bits per heavy atom. The number of hydrogen-bond acceptors (Lipinski definition) is 7. The molecule has 0 saturated heterocycles. The van der Waals surface area contributed by atoms with Crippen molar-refractivity contribution in [2.75, 3.05) is 11.6 Å². The van der Waals surface area contributed by atoms with Crippen LogP contribution in [0.2, 0.25) is 0 Å². The lowest BCUT2D eigenvalue weighted by atomic mass is 10.1. The van der Waals surface area contributed by atoms with E-state index in [0.29, 0.717) is 5.82 Å². The molecule has 8 heteroatoms. The lowest BCUT2D eigenvalue weighted by Crippen LogP contribution is -2.50. The molecule has 0 saturated carbocycles. The van der Waals surface area contributed by atoms with Crippen LogP contribution in [0.5, 0.6) is 0 Å². The summed E-state index contributed by atoms with van der Waals surface area (Å²) in [6.45, 7) is 9.65. The van der Waals surface area contributed by atoms with Gasteiger partial charge in [0.25, 0.3) is 0 Å². The van der Waals surface area contributed by atoms with Gasteiger partial charge in [-0.2, -0.15) is 4.33 Å². The molecule has 0 spiro atoms. The molecule has 0 aliphatic rings. The smallest absolute Gasteiger partial charge is 0.320 e. The molecule has 2 aromatic rings. The normalized spacial score (nSPS) is 10.2. The summed E-state index contributed by atoms with van der Waals surface area (Å²) >= 11 is 0.948. The molecule has 0 amide bonds. The summed E-state index contributed by atoms with van der Waals surface area (Å²) in [7, 11) is 0. The number of benzene rings is 1. The summed E-state index contributed by atoms with van der Waals surface area (Å²) in [5, 5.41) is 12.9. The maximum absolute atomic E-state index is 9.65. The van der Waals surface area contributed by atoms with E-state index in [1.807, 2.05) is 46.8 Å². The molecule has 7 nitrogen and oxygen atoms in total. The summed E-state index contributed by atoms with van der Waals surface area (Å²) in [4.78, 5) is 4.88. The van der Waals surface area contributed by atoms with Crippen LogP contribution in [0.3, 0.4) is 0 Å². The highest BCUT2D eigenvalue weighted by molar-refractivity contribution is 7.94. The number of aromatic nitrogens is 2. The molecular weight excluding hydrogens is 316 g/mol. The van der Waals surface area contributed by atoms with Crippen LogP contribution in [0.15, 0.2) is 23.1 Å². The topological polar surface area (TPSA) is 110 Å². The second-order valence-corrected chi connectivity index (χ2v) is 5.90. The minimum atomic E-state index is 0.511. The molecule has 4 N–H and O–H groups in total. The number of rotatable bonds is 3. The SMILES string of the molecule is Cc1cc(C)c(SOO[O-])c(C)c1.Cc1cc(N)nc(C)[n+]1N. The lowest BCUT2D eigenvalue weighted by Gasteiger charge is -2.10. The van der Waals surface area contributed by atoms with Crippen molar-refractivity contribution < 1.29 is 19.3 Å². The predicted molar refractivity (Wildman–Crippen MR) is 87.1 cm³/mol. The second-order valence-electron chi connectivity index (χ2n) is 5.19. The fourth-order valence-corrected chi connectivity index (χ4v) is 2.63. The number of aryl methyl sites for hydroxylation is 5. The number of hydrogen-bond donors (Lipinski definition) is 2. The van der Waals surface area contributed by atoms with E-state index in [1.165, 1.54) is 10.2 Å². The van der Waals surface area contributed by atoms with Gasteiger partial charge < -0.3 is 11.0 Å². The Hall–Kier alpha value is -1.87. The third-order valence-corrected chi connectivity index (χ3v) is 4.06. The van der Waals surface area contributed by atoms with Crippen LogP contribution in [0.25, 0.3) is 0 Å². The van der Waals surface area contributed by atoms with E-state index in [1.54, 1.807) is 6.07 Å². The maximum Gasteiger partial charge on any atom is 0.320 e. The van der Waals surface area contributed by atoms with Crippen LogP contribution in [0.1, 0.15) is 28.2 Å². The van der Waals surface area contributed by atoms with Gasteiger partial charge in [0, 0.05) is 18.7 Å². The Morgan fingerprint density at radius 3 is 2.13 bits per heavy atom. The molecule has 0 unspecified atom stereocenters. The van der Waals surface area contributed by atoms with Crippen molar-refractivity contribution in [1.29, 1.82) is 0 Å². The van der Waals surface area contributed by atoms with Crippen molar-refractivity contribution in [2.24, 2.45) is 0 Å². The Balaban J connectivity index is 0.000000238. The molecule has 0 atom stereocenters. The van der Waals surface area contributed by atoms with Gasteiger partial charge in [0.2, 0.25) is 5.82 Å². The summed E-state index contributed by atoms with van der Waals surface area (Å²) in [5.41, 5.74) is 9.72. The zero-order valence-electron chi connectivity index (χ0n) is 13.9. The Kier molecular flexibility index (Phi) is 7.24. The molecular formula is C15H22N4O3S.